The first kappa shape index (κ1) is 12.6. The normalized spacial score (nSPS) is 20.4. The van der Waals surface area contributed by atoms with Crippen LogP contribution < -0.4 is 10.6 Å². The summed E-state index contributed by atoms with van der Waals surface area (Å²) < 4.78 is 10.9. The first-order valence-corrected chi connectivity index (χ1v) is 7.10. The van der Waals surface area contributed by atoms with Crippen molar-refractivity contribution in [3.05, 3.63) is 0 Å². The highest BCUT2D eigenvalue weighted by molar-refractivity contribution is 7.84. The summed E-state index contributed by atoms with van der Waals surface area (Å²) in [6.07, 6.45) is 3.10. The second-order valence-electron chi connectivity index (χ2n) is 4.26. The van der Waals surface area contributed by atoms with Gasteiger partial charge in [0.2, 0.25) is 5.91 Å². The average molecular weight is 232 g/mol. The molecule has 88 valence electrons. The van der Waals surface area contributed by atoms with Crippen LogP contribution in [0.15, 0.2) is 0 Å². The SMILES string of the molecule is CC(CCS(C)=O)NC(=O)CC1CNC1. The Morgan fingerprint density at radius 3 is 2.73 bits per heavy atom. The molecule has 0 aromatic rings. The quantitative estimate of drug-likeness (QED) is 0.671. The molecule has 1 rings (SSSR count). The highest BCUT2D eigenvalue weighted by Crippen LogP contribution is 2.08. The third kappa shape index (κ3) is 5.28. The summed E-state index contributed by atoms with van der Waals surface area (Å²) in [6.45, 7) is 3.88. The van der Waals surface area contributed by atoms with Gasteiger partial charge in [-0.25, -0.2) is 0 Å². The van der Waals surface area contributed by atoms with E-state index in [1.165, 1.54) is 0 Å². The Morgan fingerprint density at radius 1 is 1.60 bits per heavy atom. The molecule has 1 fully saturated rings. The Hall–Kier alpha value is -0.420. The largest absolute Gasteiger partial charge is 0.354 e. The molecule has 2 N–H and O–H groups in total. The van der Waals surface area contributed by atoms with E-state index in [1.807, 2.05) is 6.92 Å². The lowest BCUT2D eigenvalue weighted by atomic mass is 9.99. The van der Waals surface area contributed by atoms with E-state index in [1.54, 1.807) is 6.26 Å². The van der Waals surface area contributed by atoms with Gasteiger partial charge in [0.25, 0.3) is 0 Å². The molecule has 2 atom stereocenters. The van der Waals surface area contributed by atoms with Crippen LogP contribution in [0.2, 0.25) is 0 Å². The van der Waals surface area contributed by atoms with Gasteiger partial charge in [-0.15, -0.1) is 0 Å². The van der Waals surface area contributed by atoms with Gasteiger partial charge in [0.05, 0.1) is 0 Å². The van der Waals surface area contributed by atoms with Crippen LogP contribution in [-0.2, 0) is 15.6 Å². The van der Waals surface area contributed by atoms with Gasteiger partial charge in [-0.2, -0.15) is 0 Å². The summed E-state index contributed by atoms with van der Waals surface area (Å²) in [5.41, 5.74) is 0. The van der Waals surface area contributed by atoms with Gasteiger partial charge >= 0.3 is 0 Å². The summed E-state index contributed by atoms with van der Waals surface area (Å²) in [4.78, 5) is 11.5. The minimum Gasteiger partial charge on any atom is -0.354 e. The van der Waals surface area contributed by atoms with Crippen molar-refractivity contribution in [3.63, 3.8) is 0 Å². The molecule has 0 radical (unpaired) electrons. The van der Waals surface area contributed by atoms with Crippen LogP contribution in [0, 0.1) is 5.92 Å². The Labute approximate surface area is 93.7 Å². The van der Waals surface area contributed by atoms with E-state index in [9.17, 15) is 9.00 Å². The Morgan fingerprint density at radius 2 is 2.27 bits per heavy atom. The second kappa shape index (κ2) is 6.23. The summed E-state index contributed by atoms with van der Waals surface area (Å²) in [7, 11) is -0.763. The highest BCUT2D eigenvalue weighted by atomic mass is 32.2. The molecule has 0 bridgehead atoms. The molecular formula is C10H20N2O2S. The van der Waals surface area contributed by atoms with Gasteiger partial charge in [0, 0.05) is 35.3 Å². The second-order valence-corrected chi connectivity index (χ2v) is 5.82. The maximum Gasteiger partial charge on any atom is 0.220 e. The van der Waals surface area contributed by atoms with E-state index in [4.69, 9.17) is 0 Å². The van der Waals surface area contributed by atoms with Gasteiger partial charge in [-0.1, -0.05) is 0 Å². The predicted octanol–water partition coefficient (Wildman–Crippen LogP) is -0.131. The lowest BCUT2D eigenvalue weighted by Crippen LogP contribution is -2.45. The van der Waals surface area contributed by atoms with Crippen LogP contribution in [0.3, 0.4) is 0 Å². The van der Waals surface area contributed by atoms with Crippen LogP contribution in [0.4, 0.5) is 0 Å². The molecule has 1 saturated heterocycles. The maximum absolute atomic E-state index is 11.5. The number of hydrogen-bond acceptors (Lipinski definition) is 3. The molecule has 2 unspecified atom stereocenters. The predicted molar refractivity (Wildman–Crippen MR) is 62.1 cm³/mol. The summed E-state index contributed by atoms with van der Waals surface area (Å²) in [6, 6.07) is 0.134. The van der Waals surface area contributed by atoms with Crippen molar-refractivity contribution in [3.8, 4) is 0 Å². The van der Waals surface area contributed by atoms with Gasteiger partial charge < -0.3 is 10.6 Å². The molecule has 0 aliphatic carbocycles. The standard InChI is InChI=1S/C10H20N2O2S/c1-8(3-4-15(2)14)12-10(13)5-9-6-11-7-9/h8-9,11H,3-7H2,1-2H3,(H,12,13). The number of amides is 1. The zero-order chi connectivity index (χ0) is 11.3. The molecule has 1 amide bonds. The van der Waals surface area contributed by atoms with Crippen LogP contribution in [0.5, 0.6) is 0 Å². The summed E-state index contributed by atoms with van der Waals surface area (Å²) >= 11 is 0. The molecule has 0 saturated carbocycles. The third-order valence-corrected chi connectivity index (χ3v) is 3.40. The number of nitrogens with one attached hydrogen (secondary N) is 2. The number of hydrogen-bond donors (Lipinski definition) is 2. The monoisotopic (exact) mass is 232 g/mol. The van der Waals surface area contributed by atoms with Crippen LogP contribution in [0.25, 0.3) is 0 Å². The topological polar surface area (TPSA) is 58.2 Å². The van der Waals surface area contributed by atoms with E-state index in [0.717, 1.165) is 19.5 Å². The van der Waals surface area contributed by atoms with Gasteiger partial charge in [-0.05, 0) is 32.4 Å². The Balaban J connectivity index is 2.09. The average Bonchev–Trinajstić information content (AvgIpc) is 2.08. The Kier molecular flexibility index (Phi) is 5.25. The summed E-state index contributed by atoms with van der Waals surface area (Å²) in [5.74, 6) is 1.29. The van der Waals surface area contributed by atoms with Gasteiger partial charge in [0.1, 0.15) is 0 Å². The minimum absolute atomic E-state index is 0.121. The van der Waals surface area contributed by atoms with Crippen molar-refractivity contribution in [1.29, 1.82) is 0 Å². The zero-order valence-corrected chi connectivity index (χ0v) is 10.2. The van der Waals surface area contributed by atoms with Crippen molar-refractivity contribution in [2.24, 2.45) is 5.92 Å². The van der Waals surface area contributed by atoms with Crippen LogP contribution >= 0.6 is 0 Å². The fourth-order valence-electron chi connectivity index (χ4n) is 1.50. The molecule has 4 nitrogen and oxygen atoms in total. The van der Waals surface area contributed by atoms with Crippen molar-refractivity contribution >= 4 is 16.7 Å². The molecule has 0 aromatic carbocycles. The molecule has 1 aliphatic heterocycles. The molecule has 5 heteroatoms. The molecule has 15 heavy (non-hydrogen) atoms. The van der Waals surface area contributed by atoms with Crippen molar-refractivity contribution in [2.45, 2.75) is 25.8 Å². The zero-order valence-electron chi connectivity index (χ0n) is 9.41. The van der Waals surface area contributed by atoms with E-state index in [-0.39, 0.29) is 11.9 Å². The number of rotatable bonds is 6. The van der Waals surface area contributed by atoms with E-state index < -0.39 is 10.8 Å². The summed E-state index contributed by atoms with van der Waals surface area (Å²) in [5, 5.41) is 6.07. The molecule has 1 aliphatic rings. The fourth-order valence-corrected chi connectivity index (χ4v) is 2.19. The van der Waals surface area contributed by atoms with E-state index in [2.05, 4.69) is 10.6 Å². The third-order valence-electron chi connectivity index (χ3n) is 2.59. The number of carbonyl (C=O) groups excluding carboxylic acids is 1. The lowest BCUT2D eigenvalue weighted by Gasteiger charge is -2.27. The lowest BCUT2D eigenvalue weighted by molar-refractivity contribution is -0.123. The maximum atomic E-state index is 11.5. The Bertz CT molecular complexity index is 242. The smallest absolute Gasteiger partial charge is 0.220 e. The minimum atomic E-state index is -0.763. The molecule has 0 spiro atoms. The van der Waals surface area contributed by atoms with E-state index >= 15 is 0 Å². The van der Waals surface area contributed by atoms with Crippen molar-refractivity contribution in [2.75, 3.05) is 25.1 Å². The molecule has 1 heterocycles. The fraction of sp³-hybridized carbons (Fsp3) is 0.900. The molecule has 0 aromatic heterocycles. The number of carbonyl (C=O) groups is 1. The van der Waals surface area contributed by atoms with Crippen molar-refractivity contribution in [1.82, 2.24) is 10.6 Å². The molecular weight excluding hydrogens is 212 g/mol. The van der Waals surface area contributed by atoms with Crippen LogP contribution in [-0.4, -0.2) is 41.3 Å². The van der Waals surface area contributed by atoms with Crippen LogP contribution in [0.1, 0.15) is 19.8 Å². The van der Waals surface area contributed by atoms with Gasteiger partial charge in [0.15, 0.2) is 0 Å². The van der Waals surface area contributed by atoms with Gasteiger partial charge in [-0.3, -0.25) is 9.00 Å². The highest BCUT2D eigenvalue weighted by Gasteiger charge is 2.20. The first-order chi connectivity index (χ1) is 7.08. The van der Waals surface area contributed by atoms with E-state index in [0.29, 0.717) is 18.1 Å². The first-order valence-electron chi connectivity index (χ1n) is 5.38. The van der Waals surface area contributed by atoms with Crippen molar-refractivity contribution < 1.29 is 9.00 Å².